The van der Waals surface area contributed by atoms with Crippen LogP contribution in [0, 0.1) is 0 Å². The van der Waals surface area contributed by atoms with E-state index in [1.165, 1.54) is 10.9 Å². The molecule has 4 aromatic rings. The van der Waals surface area contributed by atoms with Gasteiger partial charge in [0.05, 0.1) is 11.1 Å². The minimum absolute atomic E-state index is 0.289. The van der Waals surface area contributed by atoms with Crippen molar-refractivity contribution in [3.63, 3.8) is 0 Å². The summed E-state index contributed by atoms with van der Waals surface area (Å²) >= 11 is 0. The molecular formula is C28H20N2O4. The largest absolute Gasteiger partial charge is 0.451 e. The minimum atomic E-state index is -0.486. The smallest absolute Gasteiger partial charge is 0.344 e. The molecular weight excluding hydrogens is 428 g/mol. The van der Waals surface area contributed by atoms with Gasteiger partial charge < -0.3 is 19.4 Å². The van der Waals surface area contributed by atoms with Crippen molar-refractivity contribution in [1.29, 1.82) is 0 Å². The molecule has 0 saturated heterocycles. The SMILES string of the molecule is O=C1O/C(=C\N2CCc3c([nH]c4ccccc34)C2C2OC(=O)c3ccccc32)c2ccccc21. The summed E-state index contributed by atoms with van der Waals surface area (Å²) in [6, 6.07) is 22.9. The molecule has 3 aromatic carbocycles. The molecule has 1 aromatic heterocycles. The molecule has 7 rings (SSSR count). The lowest BCUT2D eigenvalue weighted by Crippen LogP contribution is -2.35. The number of aromatic nitrogens is 1. The van der Waals surface area contributed by atoms with Gasteiger partial charge in [0, 0.05) is 40.5 Å². The second-order valence-electron chi connectivity index (χ2n) is 8.84. The number of nitrogens with one attached hydrogen (secondary N) is 1. The van der Waals surface area contributed by atoms with Crippen LogP contribution in [0.15, 0.2) is 79.0 Å². The van der Waals surface area contributed by atoms with Crippen LogP contribution in [0.2, 0.25) is 0 Å². The van der Waals surface area contributed by atoms with Crippen molar-refractivity contribution >= 4 is 28.6 Å². The Morgan fingerprint density at radius 2 is 1.59 bits per heavy atom. The van der Waals surface area contributed by atoms with Crippen molar-refractivity contribution in [3.8, 4) is 0 Å². The molecule has 0 saturated carbocycles. The average Bonchev–Trinajstić information content (AvgIpc) is 3.51. The molecule has 0 radical (unpaired) electrons. The molecule has 2 atom stereocenters. The second kappa shape index (κ2) is 7.09. The van der Waals surface area contributed by atoms with E-state index in [0.29, 0.717) is 23.4 Å². The lowest BCUT2D eigenvalue weighted by Gasteiger charge is -2.38. The molecule has 34 heavy (non-hydrogen) atoms. The number of esters is 2. The standard InChI is InChI=1S/C28H20N2O4/c31-27-20-10-3-1-8-17(20)23(33-27)15-30-14-13-18-16-7-5-6-12-22(16)29-24(18)25(30)26-19-9-2-4-11-21(19)28(32)34-26/h1-12,15,25-26,29H,13-14H2/b23-15-. The molecule has 0 amide bonds. The van der Waals surface area contributed by atoms with Gasteiger partial charge in [-0.3, -0.25) is 0 Å². The highest BCUT2D eigenvalue weighted by molar-refractivity contribution is 6.02. The van der Waals surface area contributed by atoms with E-state index < -0.39 is 6.10 Å². The highest BCUT2D eigenvalue weighted by atomic mass is 16.6. The number of benzene rings is 3. The topological polar surface area (TPSA) is 71.6 Å². The van der Waals surface area contributed by atoms with Crippen molar-refractivity contribution in [2.75, 3.05) is 6.54 Å². The predicted octanol–water partition coefficient (Wildman–Crippen LogP) is 5.15. The van der Waals surface area contributed by atoms with Crippen LogP contribution in [0.3, 0.4) is 0 Å². The third-order valence-electron chi connectivity index (χ3n) is 7.03. The molecule has 0 aliphatic carbocycles. The number of ether oxygens (including phenoxy) is 2. The zero-order chi connectivity index (χ0) is 22.8. The van der Waals surface area contributed by atoms with Gasteiger partial charge in [-0.05, 0) is 30.2 Å². The van der Waals surface area contributed by atoms with Crippen LogP contribution in [0.1, 0.15) is 55.2 Å². The number of carbonyl (C=O) groups is 2. The Balaban J connectivity index is 1.40. The fourth-order valence-electron chi connectivity index (χ4n) is 5.50. The number of fused-ring (bicyclic) bond motifs is 5. The van der Waals surface area contributed by atoms with Crippen LogP contribution in [0.4, 0.5) is 0 Å². The summed E-state index contributed by atoms with van der Waals surface area (Å²) in [5, 5.41) is 1.19. The zero-order valence-corrected chi connectivity index (χ0v) is 18.2. The number of carbonyl (C=O) groups excluding carboxylic acids is 2. The first-order valence-electron chi connectivity index (χ1n) is 11.4. The Morgan fingerprint density at radius 3 is 2.47 bits per heavy atom. The van der Waals surface area contributed by atoms with Crippen molar-refractivity contribution in [1.82, 2.24) is 9.88 Å². The minimum Gasteiger partial charge on any atom is -0.451 e. The highest BCUT2D eigenvalue weighted by Gasteiger charge is 2.43. The van der Waals surface area contributed by atoms with Crippen molar-refractivity contribution in [2.24, 2.45) is 0 Å². The number of H-pyrrole nitrogens is 1. The maximum Gasteiger partial charge on any atom is 0.344 e. The van der Waals surface area contributed by atoms with Gasteiger partial charge in [0.1, 0.15) is 6.04 Å². The van der Waals surface area contributed by atoms with Crippen LogP contribution in [-0.2, 0) is 15.9 Å². The summed E-state index contributed by atoms with van der Waals surface area (Å²) < 4.78 is 11.6. The van der Waals surface area contributed by atoms with Gasteiger partial charge in [-0.1, -0.05) is 54.6 Å². The quantitative estimate of drug-likeness (QED) is 0.430. The van der Waals surface area contributed by atoms with Gasteiger partial charge in [0.25, 0.3) is 0 Å². The number of cyclic esters (lactones) is 2. The van der Waals surface area contributed by atoms with E-state index in [-0.39, 0.29) is 18.0 Å². The van der Waals surface area contributed by atoms with Crippen LogP contribution in [0.25, 0.3) is 16.7 Å². The third-order valence-corrected chi connectivity index (χ3v) is 7.03. The maximum absolute atomic E-state index is 12.7. The molecule has 6 nitrogen and oxygen atoms in total. The molecule has 6 heteroatoms. The fourth-order valence-corrected chi connectivity index (χ4v) is 5.50. The number of rotatable bonds is 2. The Bertz CT molecular complexity index is 1530. The summed E-state index contributed by atoms with van der Waals surface area (Å²) in [5.41, 5.74) is 6.12. The van der Waals surface area contributed by atoms with Gasteiger partial charge in [0.2, 0.25) is 0 Å². The number of para-hydroxylation sites is 1. The van der Waals surface area contributed by atoms with Gasteiger partial charge >= 0.3 is 11.9 Å². The van der Waals surface area contributed by atoms with Gasteiger partial charge in [0.15, 0.2) is 11.9 Å². The first-order chi connectivity index (χ1) is 16.7. The monoisotopic (exact) mass is 448 g/mol. The van der Waals surface area contributed by atoms with Crippen LogP contribution in [-0.4, -0.2) is 28.4 Å². The maximum atomic E-state index is 12.7. The lowest BCUT2D eigenvalue weighted by atomic mass is 9.90. The van der Waals surface area contributed by atoms with E-state index in [9.17, 15) is 9.59 Å². The Kier molecular flexibility index (Phi) is 4.00. The van der Waals surface area contributed by atoms with E-state index in [1.807, 2.05) is 60.8 Å². The van der Waals surface area contributed by atoms with E-state index in [1.54, 1.807) is 6.07 Å². The van der Waals surface area contributed by atoms with Crippen molar-refractivity contribution in [3.05, 3.63) is 113 Å². The Labute approximate surface area is 195 Å². The normalized spacial score (nSPS) is 21.9. The van der Waals surface area contributed by atoms with Gasteiger partial charge in [-0.15, -0.1) is 0 Å². The number of nitrogens with zero attached hydrogens (tertiary/aromatic N) is 1. The third kappa shape index (κ3) is 2.68. The van der Waals surface area contributed by atoms with Crippen molar-refractivity contribution < 1.29 is 19.1 Å². The summed E-state index contributed by atoms with van der Waals surface area (Å²) in [7, 11) is 0. The first-order valence-corrected chi connectivity index (χ1v) is 11.4. The second-order valence-corrected chi connectivity index (χ2v) is 8.84. The van der Waals surface area contributed by atoms with E-state index >= 15 is 0 Å². The molecule has 0 bridgehead atoms. The molecule has 166 valence electrons. The van der Waals surface area contributed by atoms with Gasteiger partial charge in [-0.25, -0.2) is 9.59 Å². The molecule has 2 unspecified atom stereocenters. The average molecular weight is 448 g/mol. The Hall–Kier alpha value is -4.32. The number of hydrogen-bond donors (Lipinski definition) is 1. The van der Waals surface area contributed by atoms with Gasteiger partial charge in [-0.2, -0.15) is 0 Å². The van der Waals surface area contributed by atoms with Crippen LogP contribution < -0.4 is 0 Å². The summed E-state index contributed by atoms with van der Waals surface area (Å²) in [4.78, 5) is 30.9. The lowest BCUT2D eigenvalue weighted by molar-refractivity contribution is 0.0126. The number of hydrogen-bond acceptors (Lipinski definition) is 5. The van der Waals surface area contributed by atoms with E-state index in [4.69, 9.17) is 9.47 Å². The molecule has 1 N–H and O–H groups in total. The summed E-state index contributed by atoms with van der Waals surface area (Å²) in [5.74, 6) is -0.142. The fraction of sp³-hybridized carbons (Fsp3) is 0.143. The summed E-state index contributed by atoms with van der Waals surface area (Å²) in [6.45, 7) is 0.693. The molecule has 3 aliphatic rings. The summed E-state index contributed by atoms with van der Waals surface area (Å²) in [6.07, 6.45) is 2.23. The number of aromatic amines is 1. The predicted molar refractivity (Wildman–Crippen MR) is 126 cm³/mol. The van der Waals surface area contributed by atoms with Crippen molar-refractivity contribution in [2.45, 2.75) is 18.6 Å². The zero-order valence-electron chi connectivity index (χ0n) is 18.2. The van der Waals surface area contributed by atoms with E-state index in [0.717, 1.165) is 28.8 Å². The Morgan fingerprint density at radius 1 is 0.853 bits per heavy atom. The highest BCUT2D eigenvalue weighted by Crippen LogP contribution is 2.47. The molecule has 0 fully saturated rings. The first kappa shape index (κ1) is 19.2. The van der Waals surface area contributed by atoms with E-state index in [2.05, 4.69) is 22.0 Å². The van der Waals surface area contributed by atoms with Crippen LogP contribution >= 0.6 is 0 Å². The molecule has 3 aliphatic heterocycles. The molecule has 0 spiro atoms. The van der Waals surface area contributed by atoms with Crippen LogP contribution in [0.5, 0.6) is 0 Å². The molecule has 4 heterocycles.